The van der Waals surface area contributed by atoms with E-state index in [0.29, 0.717) is 6.54 Å². The number of nitrogens with one attached hydrogen (secondary N) is 1. The number of hydrogen-bond acceptors (Lipinski definition) is 3. The van der Waals surface area contributed by atoms with Crippen molar-refractivity contribution in [3.8, 4) is 0 Å². The fourth-order valence-electron chi connectivity index (χ4n) is 2.76. The smallest absolute Gasteiger partial charge is 0.325 e. The fourth-order valence-corrected chi connectivity index (χ4v) is 2.76. The van der Waals surface area contributed by atoms with Crippen molar-refractivity contribution in [3.05, 3.63) is 0 Å². The lowest BCUT2D eigenvalue weighted by atomic mass is 9.98. The number of carbonyl (C=O) groups is 2. The average Bonchev–Trinajstić information content (AvgIpc) is 2.85. The minimum absolute atomic E-state index is 0.0380. The Hall–Kier alpha value is -1.10. The van der Waals surface area contributed by atoms with Crippen molar-refractivity contribution >= 4 is 11.9 Å². The van der Waals surface area contributed by atoms with Crippen LogP contribution in [0.1, 0.15) is 44.9 Å². The summed E-state index contributed by atoms with van der Waals surface area (Å²) in [4.78, 5) is 25.3. The van der Waals surface area contributed by atoms with Gasteiger partial charge in [0.15, 0.2) is 0 Å². The Kier molecular flexibility index (Phi) is 3.66. The average molecular weight is 240 g/mol. The van der Waals surface area contributed by atoms with Gasteiger partial charge in [-0.3, -0.25) is 9.69 Å². The van der Waals surface area contributed by atoms with Crippen molar-refractivity contribution in [2.45, 2.75) is 50.5 Å². The molecule has 2 fully saturated rings. The highest BCUT2D eigenvalue weighted by Gasteiger charge is 2.51. The van der Waals surface area contributed by atoms with E-state index in [-0.39, 0.29) is 18.5 Å². The van der Waals surface area contributed by atoms with E-state index in [1.807, 2.05) is 0 Å². The second-order valence-electron chi connectivity index (χ2n) is 4.96. The van der Waals surface area contributed by atoms with Crippen molar-refractivity contribution in [2.24, 2.45) is 0 Å². The maximum Gasteiger partial charge on any atom is 0.325 e. The van der Waals surface area contributed by atoms with Crippen LogP contribution >= 0.6 is 0 Å². The van der Waals surface area contributed by atoms with Gasteiger partial charge in [-0.15, -0.1) is 0 Å². The van der Waals surface area contributed by atoms with Gasteiger partial charge in [0.2, 0.25) is 0 Å². The number of aliphatic hydroxyl groups is 1. The molecule has 3 amide bonds. The monoisotopic (exact) mass is 240 g/mol. The van der Waals surface area contributed by atoms with Crippen LogP contribution in [0.4, 0.5) is 4.79 Å². The number of aliphatic hydroxyl groups excluding tert-OH is 1. The number of urea groups is 1. The fraction of sp³-hybridized carbons (Fsp3) is 0.833. The molecule has 2 N–H and O–H groups in total. The Morgan fingerprint density at radius 3 is 2.53 bits per heavy atom. The first kappa shape index (κ1) is 12.4. The third-order valence-electron chi connectivity index (χ3n) is 3.74. The summed E-state index contributed by atoms with van der Waals surface area (Å²) in [5.41, 5.74) is -0.575. The molecule has 17 heavy (non-hydrogen) atoms. The van der Waals surface area contributed by atoms with Gasteiger partial charge in [0.25, 0.3) is 5.91 Å². The molecule has 0 aromatic heterocycles. The molecule has 1 aliphatic heterocycles. The standard InChI is InChI=1S/C12H20N2O3/c15-9-5-1-4-8-14-10(16)12(13-11(14)17)6-2-3-7-12/h15H,1-9H2,(H,13,17). The molecule has 5 heteroatoms. The number of unbranched alkanes of at least 4 members (excludes halogenated alkanes) is 2. The van der Waals surface area contributed by atoms with Gasteiger partial charge in [-0.1, -0.05) is 12.8 Å². The van der Waals surface area contributed by atoms with Crippen molar-refractivity contribution in [3.63, 3.8) is 0 Å². The quantitative estimate of drug-likeness (QED) is 0.556. The highest BCUT2D eigenvalue weighted by atomic mass is 16.3. The van der Waals surface area contributed by atoms with E-state index in [0.717, 1.165) is 44.9 Å². The van der Waals surface area contributed by atoms with E-state index in [1.165, 1.54) is 4.90 Å². The van der Waals surface area contributed by atoms with Gasteiger partial charge in [-0.2, -0.15) is 0 Å². The first-order valence-corrected chi connectivity index (χ1v) is 6.45. The molecule has 5 nitrogen and oxygen atoms in total. The molecule has 0 aromatic rings. The van der Waals surface area contributed by atoms with Crippen LogP contribution in [-0.2, 0) is 4.79 Å². The van der Waals surface area contributed by atoms with Gasteiger partial charge in [0.1, 0.15) is 5.54 Å². The SMILES string of the molecule is O=C1NC2(CCCC2)C(=O)N1CCCCCO. The number of rotatable bonds is 5. The first-order chi connectivity index (χ1) is 8.19. The van der Waals surface area contributed by atoms with E-state index in [9.17, 15) is 9.59 Å². The molecule has 1 aliphatic carbocycles. The van der Waals surface area contributed by atoms with Crippen LogP contribution in [0.15, 0.2) is 0 Å². The van der Waals surface area contributed by atoms with Gasteiger partial charge >= 0.3 is 6.03 Å². The van der Waals surface area contributed by atoms with E-state index >= 15 is 0 Å². The molecule has 2 aliphatic rings. The number of hydrogen-bond donors (Lipinski definition) is 2. The van der Waals surface area contributed by atoms with Crippen molar-refractivity contribution in [1.82, 2.24) is 10.2 Å². The summed E-state index contributed by atoms with van der Waals surface area (Å²) in [5.74, 6) is -0.0380. The van der Waals surface area contributed by atoms with Gasteiger partial charge in [-0.25, -0.2) is 4.79 Å². The Balaban J connectivity index is 1.90. The van der Waals surface area contributed by atoms with Crippen molar-refractivity contribution < 1.29 is 14.7 Å². The topological polar surface area (TPSA) is 69.6 Å². The van der Waals surface area contributed by atoms with Crippen LogP contribution in [0, 0.1) is 0 Å². The normalized spacial score (nSPS) is 22.5. The van der Waals surface area contributed by atoms with Crippen molar-refractivity contribution in [2.75, 3.05) is 13.2 Å². The third kappa shape index (κ3) is 2.29. The Morgan fingerprint density at radius 2 is 1.88 bits per heavy atom. The molecule has 0 aromatic carbocycles. The zero-order valence-corrected chi connectivity index (χ0v) is 10.1. The maximum atomic E-state index is 12.2. The molecule has 1 saturated carbocycles. The summed E-state index contributed by atoms with van der Waals surface area (Å²) in [6, 6.07) is -0.235. The lowest BCUT2D eigenvalue weighted by Gasteiger charge is -2.19. The lowest BCUT2D eigenvalue weighted by Crippen LogP contribution is -2.44. The van der Waals surface area contributed by atoms with Gasteiger partial charge < -0.3 is 10.4 Å². The van der Waals surface area contributed by atoms with E-state index < -0.39 is 5.54 Å². The molecule has 1 heterocycles. The zero-order chi connectivity index (χ0) is 12.3. The van der Waals surface area contributed by atoms with Crippen LogP contribution in [-0.4, -0.2) is 40.6 Å². The molecular formula is C12H20N2O3. The number of carbonyl (C=O) groups excluding carboxylic acids is 2. The molecule has 0 bridgehead atoms. The van der Waals surface area contributed by atoms with Crippen LogP contribution < -0.4 is 5.32 Å². The second-order valence-corrected chi connectivity index (χ2v) is 4.96. The molecule has 1 spiro atoms. The molecular weight excluding hydrogens is 220 g/mol. The highest BCUT2D eigenvalue weighted by Crippen LogP contribution is 2.35. The predicted molar refractivity (Wildman–Crippen MR) is 62.4 cm³/mol. The summed E-state index contributed by atoms with van der Waals surface area (Å²) >= 11 is 0. The predicted octanol–water partition coefficient (Wildman–Crippen LogP) is 1.01. The number of imide groups is 1. The van der Waals surface area contributed by atoms with Crippen LogP contribution in [0.25, 0.3) is 0 Å². The number of nitrogens with zero attached hydrogens (tertiary/aromatic N) is 1. The molecule has 0 unspecified atom stereocenters. The first-order valence-electron chi connectivity index (χ1n) is 6.45. The minimum atomic E-state index is -0.575. The zero-order valence-electron chi connectivity index (χ0n) is 10.1. The van der Waals surface area contributed by atoms with Crippen LogP contribution in [0.5, 0.6) is 0 Å². The van der Waals surface area contributed by atoms with Crippen LogP contribution in [0.2, 0.25) is 0 Å². The van der Waals surface area contributed by atoms with Crippen LogP contribution in [0.3, 0.4) is 0 Å². The third-order valence-corrected chi connectivity index (χ3v) is 3.74. The Labute approximate surface area is 101 Å². The molecule has 0 atom stereocenters. The summed E-state index contributed by atoms with van der Waals surface area (Å²) in [7, 11) is 0. The van der Waals surface area contributed by atoms with Gasteiger partial charge in [-0.05, 0) is 32.1 Å². The summed E-state index contributed by atoms with van der Waals surface area (Å²) < 4.78 is 0. The maximum absolute atomic E-state index is 12.2. The lowest BCUT2D eigenvalue weighted by molar-refractivity contribution is -0.131. The van der Waals surface area contributed by atoms with Gasteiger partial charge in [0.05, 0.1) is 0 Å². The Bertz CT molecular complexity index is 311. The summed E-state index contributed by atoms with van der Waals surface area (Å²) in [6.45, 7) is 0.649. The minimum Gasteiger partial charge on any atom is -0.396 e. The molecule has 1 saturated heterocycles. The van der Waals surface area contributed by atoms with Gasteiger partial charge in [0, 0.05) is 13.2 Å². The van der Waals surface area contributed by atoms with E-state index in [4.69, 9.17) is 5.11 Å². The largest absolute Gasteiger partial charge is 0.396 e. The molecule has 96 valence electrons. The number of amides is 3. The van der Waals surface area contributed by atoms with Crippen molar-refractivity contribution in [1.29, 1.82) is 0 Å². The Morgan fingerprint density at radius 1 is 1.18 bits per heavy atom. The molecule has 0 radical (unpaired) electrons. The molecule has 2 rings (SSSR count). The van der Waals surface area contributed by atoms with E-state index in [1.54, 1.807) is 0 Å². The summed E-state index contributed by atoms with van der Waals surface area (Å²) in [6.07, 6.45) is 5.95. The summed E-state index contributed by atoms with van der Waals surface area (Å²) in [5, 5.41) is 11.5. The second kappa shape index (κ2) is 5.04. The van der Waals surface area contributed by atoms with E-state index in [2.05, 4.69) is 5.32 Å². The highest BCUT2D eigenvalue weighted by molar-refractivity contribution is 6.07.